The molecule has 0 aliphatic rings. The summed E-state index contributed by atoms with van der Waals surface area (Å²) in [5.41, 5.74) is 6.08. The summed E-state index contributed by atoms with van der Waals surface area (Å²) < 4.78 is 13.3. The van der Waals surface area contributed by atoms with Crippen LogP contribution in [0.2, 0.25) is 0 Å². The Morgan fingerprint density at radius 2 is 2.10 bits per heavy atom. The first-order valence-corrected chi connectivity index (χ1v) is 6.89. The van der Waals surface area contributed by atoms with Gasteiger partial charge in [-0.1, -0.05) is 38.5 Å². The molecule has 0 fully saturated rings. The van der Waals surface area contributed by atoms with E-state index in [4.69, 9.17) is 5.73 Å². The molecule has 1 rings (SSSR count). The Morgan fingerprint density at radius 3 is 2.70 bits per heavy atom. The van der Waals surface area contributed by atoms with Crippen molar-refractivity contribution >= 4 is 5.91 Å². The Bertz CT molecular complexity index is 513. The second-order valence-corrected chi connectivity index (χ2v) is 4.59. The van der Waals surface area contributed by atoms with Gasteiger partial charge in [0.25, 0.3) is 5.91 Å². The zero-order valence-electron chi connectivity index (χ0n) is 12.0. The van der Waals surface area contributed by atoms with E-state index in [0.29, 0.717) is 18.0 Å². The molecule has 0 spiro atoms. The topological polar surface area (TPSA) is 55.1 Å². The minimum absolute atomic E-state index is 0.201. The summed E-state index contributed by atoms with van der Waals surface area (Å²) in [4.78, 5) is 12.1. The number of nitrogens with one attached hydrogen (secondary N) is 1. The number of amides is 1. The Balaban J connectivity index is 2.88. The molecule has 0 aliphatic carbocycles. The fraction of sp³-hybridized carbons (Fsp3) is 0.438. The SMILES string of the molecule is CCC(CC)CNC(=O)c1cc(F)ccc1C#CCN. The van der Waals surface area contributed by atoms with Gasteiger partial charge in [0.15, 0.2) is 0 Å². The maximum absolute atomic E-state index is 13.3. The van der Waals surface area contributed by atoms with Gasteiger partial charge in [-0.3, -0.25) is 4.79 Å². The van der Waals surface area contributed by atoms with Gasteiger partial charge in [0.1, 0.15) is 5.82 Å². The van der Waals surface area contributed by atoms with Crippen LogP contribution < -0.4 is 11.1 Å². The van der Waals surface area contributed by atoms with E-state index < -0.39 is 5.82 Å². The summed E-state index contributed by atoms with van der Waals surface area (Å²) in [5, 5.41) is 2.84. The molecule has 0 radical (unpaired) electrons. The largest absolute Gasteiger partial charge is 0.352 e. The van der Waals surface area contributed by atoms with Crippen LogP contribution in [-0.2, 0) is 0 Å². The third-order valence-electron chi connectivity index (χ3n) is 3.26. The first kappa shape index (κ1) is 16.2. The summed E-state index contributed by atoms with van der Waals surface area (Å²) in [7, 11) is 0. The van der Waals surface area contributed by atoms with E-state index in [1.54, 1.807) is 0 Å². The monoisotopic (exact) mass is 276 g/mol. The summed E-state index contributed by atoms with van der Waals surface area (Å²) in [6, 6.07) is 4.00. The second kappa shape index (κ2) is 8.34. The molecule has 0 aliphatic heterocycles. The van der Waals surface area contributed by atoms with Gasteiger partial charge < -0.3 is 11.1 Å². The normalized spacial score (nSPS) is 10.1. The lowest BCUT2D eigenvalue weighted by molar-refractivity contribution is 0.0945. The lowest BCUT2D eigenvalue weighted by Gasteiger charge is -2.13. The highest BCUT2D eigenvalue weighted by molar-refractivity contribution is 5.96. The predicted octanol–water partition coefficient (Wildman–Crippen LogP) is 2.30. The van der Waals surface area contributed by atoms with Gasteiger partial charge >= 0.3 is 0 Å². The molecule has 20 heavy (non-hydrogen) atoms. The predicted molar refractivity (Wildman–Crippen MR) is 78.7 cm³/mol. The Hall–Kier alpha value is -1.86. The zero-order valence-corrected chi connectivity index (χ0v) is 12.0. The van der Waals surface area contributed by atoms with Crippen molar-refractivity contribution < 1.29 is 9.18 Å². The fourth-order valence-corrected chi connectivity index (χ4v) is 1.87. The fourth-order valence-electron chi connectivity index (χ4n) is 1.87. The minimum atomic E-state index is -0.448. The maximum Gasteiger partial charge on any atom is 0.252 e. The molecule has 1 aromatic carbocycles. The first-order valence-electron chi connectivity index (χ1n) is 6.89. The van der Waals surface area contributed by atoms with Gasteiger partial charge in [-0.15, -0.1) is 0 Å². The summed E-state index contributed by atoms with van der Waals surface area (Å²) in [6.07, 6.45) is 2.00. The number of nitrogens with two attached hydrogens (primary N) is 1. The average Bonchev–Trinajstić information content (AvgIpc) is 2.46. The van der Waals surface area contributed by atoms with Crippen LogP contribution in [0, 0.1) is 23.6 Å². The van der Waals surface area contributed by atoms with Crippen LogP contribution in [0.5, 0.6) is 0 Å². The Kier molecular flexibility index (Phi) is 6.75. The van der Waals surface area contributed by atoms with Crippen molar-refractivity contribution in [3.8, 4) is 11.8 Å². The molecule has 108 valence electrons. The maximum atomic E-state index is 13.3. The molecule has 0 bridgehead atoms. The van der Waals surface area contributed by atoms with Crippen molar-refractivity contribution in [1.82, 2.24) is 5.32 Å². The van der Waals surface area contributed by atoms with E-state index in [0.717, 1.165) is 12.8 Å². The molecule has 0 atom stereocenters. The standard InChI is InChI=1S/C16H21FN2O/c1-3-12(4-2)11-19-16(20)15-10-14(17)8-7-13(15)6-5-9-18/h7-8,10,12H,3-4,9,11,18H2,1-2H3,(H,19,20). The summed E-state index contributed by atoms with van der Waals surface area (Å²) in [6.45, 7) is 4.96. The van der Waals surface area contributed by atoms with E-state index >= 15 is 0 Å². The third-order valence-corrected chi connectivity index (χ3v) is 3.26. The van der Waals surface area contributed by atoms with Crippen LogP contribution >= 0.6 is 0 Å². The number of carbonyl (C=O) groups excluding carboxylic acids is 1. The highest BCUT2D eigenvalue weighted by atomic mass is 19.1. The molecule has 4 heteroatoms. The molecule has 3 N–H and O–H groups in total. The van der Waals surface area contributed by atoms with Crippen LogP contribution in [0.4, 0.5) is 4.39 Å². The molecule has 0 heterocycles. The van der Waals surface area contributed by atoms with E-state index in [1.807, 2.05) is 0 Å². The Morgan fingerprint density at radius 1 is 1.40 bits per heavy atom. The number of halogens is 1. The van der Waals surface area contributed by atoms with Crippen LogP contribution in [0.15, 0.2) is 18.2 Å². The van der Waals surface area contributed by atoms with Gasteiger partial charge in [-0.05, 0) is 24.1 Å². The van der Waals surface area contributed by atoms with Crippen LogP contribution in [-0.4, -0.2) is 19.0 Å². The number of hydrogen-bond acceptors (Lipinski definition) is 2. The summed E-state index contributed by atoms with van der Waals surface area (Å²) in [5.74, 6) is 5.17. The minimum Gasteiger partial charge on any atom is -0.352 e. The first-order chi connectivity index (χ1) is 9.62. The molecule has 3 nitrogen and oxygen atoms in total. The van der Waals surface area contributed by atoms with Crippen molar-refractivity contribution in [2.24, 2.45) is 11.7 Å². The van der Waals surface area contributed by atoms with E-state index in [2.05, 4.69) is 31.0 Å². The zero-order chi connectivity index (χ0) is 15.0. The lowest BCUT2D eigenvalue weighted by atomic mass is 10.0. The number of benzene rings is 1. The average molecular weight is 276 g/mol. The van der Waals surface area contributed by atoms with Crippen molar-refractivity contribution in [3.05, 3.63) is 35.1 Å². The highest BCUT2D eigenvalue weighted by Crippen LogP contribution is 2.11. The quantitative estimate of drug-likeness (QED) is 0.811. The lowest BCUT2D eigenvalue weighted by Crippen LogP contribution is -2.29. The number of rotatable bonds is 5. The molecule has 0 saturated carbocycles. The van der Waals surface area contributed by atoms with Gasteiger partial charge in [0, 0.05) is 12.1 Å². The van der Waals surface area contributed by atoms with Crippen molar-refractivity contribution in [2.45, 2.75) is 26.7 Å². The molecule has 1 aromatic rings. The van der Waals surface area contributed by atoms with E-state index in [1.165, 1.54) is 18.2 Å². The molecule has 0 aromatic heterocycles. The molecule has 0 unspecified atom stereocenters. The van der Waals surface area contributed by atoms with E-state index in [9.17, 15) is 9.18 Å². The Labute approximate surface area is 119 Å². The van der Waals surface area contributed by atoms with Crippen molar-refractivity contribution in [1.29, 1.82) is 0 Å². The highest BCUT2D eigenvalue weighted by Gasteiger charge is 2.13. The van der Waals surface area contributed by atoms with Gasteiger partial charge in [-0.25, -0.2) is 4.39 Å². The molecular weight excluding hydrogens is 255 g/mol. The van der Waals surface area contributed by atoms with Gasteiger partial charge in [0.2, 0.25) is 0 Å². The van der Waals surface area contributed by atoms with Crippen LogP contribution in [0.1, 0.15) is 42.6 Å². The number of carbonyl (C=O) groups is 1. The summed E-state index contributed by atoms with van der Waals surface area (Å²) >= 11 is 0. The van der Waals surface area contributed by atoms with E-state index in [-0.39, 0.29) is 18.0 Å². The molecule has 1 amide bonds. The molecule has 0 saturated heterocycles. The third kappa shape index (κ3) is 4.67. The smallest absolute Gasteiger partial charge is 0.252 e. The van der Waals surface area contributed by atoms with Crippen molar-refractivity contribution in [2.75, 3.05) is 13.1 Å². The molecular formula is C16H21FN2O. The second-order valence-electron chi connectivity index (χ2n) is 4.59. The van der Waals surface area contributed by atoms with Crippen molar-refractivity contribution in [3.63, 3.8) is 0 Å². The number of hydrogen-bond donors (Lipinski definition) is 2. The van der Waals surface area contributed by atoms with Crippen LogP contribution in [0.25, 0.3) is 0 Å². The van der Waals surface area contributed by atoms with Crippen LogP contribution in [0.3, 0.4) is 0 Å². The van der Waals surface area contributed by atoms with Gasteiger partial charge in [0.05, 0.1) is 12.1 Å². The van der Waals surface area contributed by atoms with Gasteiger partial charge in [-0.2, -0.15) is 0 Å².